The molecule has 6 rings (SSSR count). The van der Waals surface area contributed by atoms with Crippen LogP contribution >= 0.6 is 0 Å². The van der Waals surface area contributed by atoms with Crippen molar-refractivity contribution in [2.45, 2.75) is 51.9 Å². The zero-order valence-corrected chi connectivity index (χ0v) is 26.9. The average Bonchev–Trinajstić information content (AvgIpc) is 3.07. The third-order valence-electron chi connectivity index (χ3n) is 8.85. The highest BCUT2D eigenvalue weighted by Crippen LogP contribution is 2.22. The maximum Gasteiger partial charge on any atom is 0.0314 e. The summed E-state index contributed by atoms with van der Waals surface area (Å²) in [6, 6.07) is 50.7. The van der Waals surface area contributed by atoms with E-state index in [1.54, 1.807) is 0 Å². The summed E-state index contributed by atoms with van der Waals surface area (Å²) in [6.07, 6.45) is 6.97. The minimum Gasteiger partial charge on any atom is -0.399 e. The SMILES string of the molecule is CCCc1cc(Cc2ccc(N)cc2)ccc1Cc1ccc(Cc2ccc(Cc3ccc(Cc4ccc(N)cc4)cc3)cc2)cc1. The van der Waals surface area contributed by atoms with E-state index >= 15 is 0 Å². The Kier molecular flexibility index (Phi) is 9.95. The number of hydrogen-bond acceptors (Lipinski definition) is 2. The third-order valence-corrected chi connectivity index (χ3v) is 8.85. The van der Waals surface area contributed by atoms with Crippen molar-refractivity contribution < 1.29 is 0 Å². The largest absolute Gasteiger partial charge is 0.399 e. The second-order valence-corrected chi connectivity index (χ2v) is 12.7. The molecule has 0 aromatic heterocycles. The second kappa shape index (κ2) is 14.8. The number of nitrogen functional groups attached to an aromatic ring is 2. The van der Waals surface area contributed by atoms with Crippen LogP contribution in [0.3, 0.4) is 0 Å². The van der Waals surface area contributed by atoms with E-state index in [0.717, 1.165) is 56.3 Å². The molecule has 2 nitrogen and oxygen atoms in total. The number of benzene rings is 6. The number of aryl methyl sites for hydroxylation is 1. The van der Waals surface area contributed by atoms with Gasteiger partial charge in [0.05, 0.1) is 0 Å². The molecule has 4 N–H and O–H groups in total. The molecule has 0 radical (unpaired) electrons. The van der Waals surface area contributed by atoms with Crippen molar-refractivity contribution in [2.75, 3.05) is 11.5 Å². The van der Waals surface area contributed by atoms with Crippen molar-refractivity contribution in [1.29, 1.82) is 0 Å². The van der Waals surface area contributed by atoms with Gasteiger partial charge in [-0.3, -0.25) is 0 Å². The van der Waals surface area contributed by atoms with Crippen LogP contribution in [0.1, 0.15) is 74.5 Å². The summed E-state index contributed by atoms with van der Waals surface area (Å²) < 4.78 is 0. The first-order chi connectivity index (χ1) is 22.5. The zero-order valence-electron chi connectivity index (χ0n) is 26.9. The number of hydrogen-bond donors (Lipinski definition) is 2. The molecule has 0 fully saturated rings. The van der Waals surface area contributed by atoms with E-state index in [1.165, 1.54) is 61.2 Å². The van der Waals surface area contributed by atoms with Gasteiger partial charge >= 0.3 is 0 Å². The molecular weight excluding hydrogens is 556 g/mol. The third kappa shape index (κ3) is 8.55. The fourth-order valence-electron chi connectivity index (χ4n) is 6.22. The molecule has 230 valence electrons. The quantitative estimate of drug-likeness (QED) is 0.137. The minimum absolute atomic E-state index is 0.809. The van der Waals surface area contributed by atoms with E-state index in [2.05, 4.69) is 122 Å². The molecule has 0 saturated carbocycles. The lowest BCUT2D eigenvalue weighted by molar-refractivity contribution is 0.900. The predicted molar refractivity (Wildman–Crippen MR) is 196 cm³/mol. The lowest BCUT2D eigenvalue weighted by Gasteiger charge is -2.13. The Balaban J connectivity index is 1.03. The normalized spacial score (nSPS) is 11.1. The Hall–Kier alpha value is -5.08. The van der Waals surface area contributed by atoms with E-state index in [4.69, 9.17) is 11.5 Å². The molecule has 0 saturated heterocycles. The maximum absolute atomic E-state index is 5.87. The highest BCUT2D eigenvalue weighted by Gasteiger charge is 2.07. The van der Waals surface area contributed by atoms with Gasteiger partial charge in [0.25, 0.3) is 0 Å². The smallest absolute Gasteiger partial charge is 0.0314 e. The fraction of sp³-hybridized carbons (Fsp3) is 0.182. The molecule has 0 unspecified atom stereocenters. The van der Waals surface area contributed by atoms with Gasteiger partial charge in [-0.25, -0.2) is 0 Å². The van der Waals surface area contributed by atoms with Gasteiger partial charge in [0, 0.05) is 11.4 Å². The van der Waals surface area contributed by atoms with Crippen molar-refractivity contribution in [3.63, 3.8) is 0 Å². The Labute approximate surface area is 274 Å². The second-order valence-electron chi connectivity index (χ2n) is 12.7. The molecule has 0 bridgehead atoms. The molecule has 0 spiro atoms. The van der Waals surface area contributed by atoms with Crippen LogP contribution in [0, 0.1) is 0 Å². The van der Waals surface area contributed by atoms with Crippen LogP contribution in [0.15, 0.2) is 140 Å². The van der Waals surface area contributed by atoms with Gasteiger partial charge in [0.2, 0.25) is 0 Å². The van der Waals surface area contributed by atoms with E-state index in [9.17, 15) is 0 Å². The standard InChI is InChI=1S/C44H44N2/c1-2-3-41-31-40(29-38-19-24-44(46)25-20-38)16-21-42(41)30-39-14-12-36(13-15-39)27-34-6-4-32(5-7-34)26-33-8-10-35(11-9-33)28-37-17-22-43(45)23-18-37/h4-25,31H,2-3,26-30,45-46H2,1H3. The monoisotopic (exact) mass is 600 g/mol. The summed E-state index contributed by atoms with van der Waals surface area (Å²) in [7, 11) is 0. The summed E-state index contributed by atoms with van der Waals surface area (Å²) in [5, 5.41) is 0. The first-order valence-electron chi connectivity index (χ1n) is 16.5. The minimum atomic E-state index is 0.809. The molecule has 0 aliphatic rings. The molecule has 0 aliphatic carbocycles. The van der Waals surface area contributed by atoms with Gasteiger partial charge in [-0.1, -0.05) is 129 Å². The Morgan fingerprint density at radius 2 is 0.609 bits per heavy atom. The van der Waals surface area contributed by atoms with Crippen LogP contribution < -0.4 is 11.5 Å². The van der Waals surface area contributed by atoms with Crippen molar-refractivity contribution in [3.8, 4) is 0 Å². The lowest BCUT2D eigenvalue weighted by Crippen LogP contribution is -1.99. The van der Waals surface area contributed by atoms with Crippen LogP contribution in [0.4, 0.5) is 11.4 Å². The van der Waals surface area contributed by atoms with Crippen LogP contribution in [0.2, 0.25) is 0 Å². The molecule has 0 heterocycles. The van der Waals surface area contributed by atoms with E-state index < -0.39 is 0 Å². The van der Waals surface area contributed by atoms with Gasteiger partial charge in [-0.05, 0) is 124 Å². The lowest BCUT2D eigenvalue weighted by atomic mass is 9.92. The zero-order chi connectivity index (χ0) is 31.7. The molecule has 0 amide bonds. The summed E-state index contributed by atoms with van der Waals surface area (Å²) >= 11 is 0. The fourth-order valence-corrected chi connectivity index (χ4v) is 6.22. The molecular formula is C44H44N2. The van der Waals surface area contributed by atoms with Crippen molar-refractivity contribution in [1.82, 2.24) is 0 Å². The maximum atomic E-state index is 5.87. The van der Waals surface area contributed by atoms with Gasteiger partial charge in [0.15, 0.2) is 0 Å². The highest BCUT2D eigenvalue weighted by molar-refractivity contribution is 5.44. The first-order valence-corrected chi connectivity index (χ1v) is 16.5. The van der Waals surface area contributed by atoms with E-state index in [1.807, 2.05) is 24.3 Å². The van der Waals surface area contributed by atoms with Crippen LogP contribution in [0.25, 0.3) is 0 Å². The van der Waals surface area contributed by atoms with Crippen molar-refractivity contribution in [3.05, 3.63) is 201 Å². The Bertz CT molecular complexity index is 1830. The predicted octanol–water partition coefficient (Wildman–Crippen LogP) is 9.76. The van der Waals surface area contributed by atoms with Crippen molar-refractivity contribution in [2.24, 2.45) is 0 Å². The van der Waals surface area contributed by atoms with Crippen LogP contribution in [-0.2, 0) is 38.5 Å². The topological polar surface area (TPSA) is 52.0 Å². The Morgan fingerprint density at radius 1 is 0.326 bits per heavy atom. The summed E-state index contributed by atoms with van der Waals surface area (Å²) in [6.45, 7) is 2.26. The molecule has 6 aromatic rings. The molecule has 6 aromatic carbocycles. The number of nitrogens with two attached hydrogens (primary N) is 2. The molecule has 0 atom stereocenters. The summed E-state index contributed by atoms with van der Waals surface area (Å²) in [4.78, 5) is 0. The highest BCUT2D eigenvalue weighted by atomic mass is 14.5. The van der Waals surface area contributed by atoms with Crippen LogP contribution in [-0.4, -0.2) is 0 Å². The van der Waals surface area contributed by atoms with Gasteiger partial charge in [-0.2, -0.15) is 0 Å². The van der Waals surface area contributed by atoms with Gasteiger partial charge in [-0.15, -0.1) is 0 Å². The molecule has 2 heteroatoms. The number of rotatable bonds is 12. The van der Waals surface area contributed by atoms with E-state index in [-0.39, 0.29) is 0 Å². The van der Waals surface area contributed by atoms with Gasteiger partial charge < -0.3 is 11.5 Å². The van der Waals surface area contributed by atoms with Crippen LogP contribution in [0.5, 0.6) is 0 Å². The molecule has 0 aliphatic heterocycles. The van der Waals surface area contributed by atoms with E-state index in [0.29, 0.717) is 0 Å². The summed E-state index contributed by atoms with van der Waals surface area (Å²) in [5.74, 6) is 0. The number of anilines is 2. The van der Waals surface area contributed by atoms with Gasteiger partial charge in [0.1, 0.15) is 0 Å². The first kappa shape index (κ1) is 30.9. The molecule has 46 heavy (non-hydrogen) atoms. The van der Waals surface area contributed by atoms with Crippen molar-refractivity contribution >= 4 is 11.4 Å². The average molecular weight is 601 g/mol. The summed E-state index contributed by atoms with van der Waals surface area (Å²) in [5.41, 5.74) is 28.2. The Morgan fingerprint density at radius 3 is 0.957 bits per heavy atom.